The second-order valence-corrected chi connectivity index (χ2v) is 8.33. The number of allylic oxidation sites excluding steroid dienone is 1. The molecule has 0 heterocycles. The van der Waals surface area contributed by atoms with E-state index < -0.39 is 10.0 Å². The van der Waals surface area contributed by atoms with Crippen LogP contribution >= 0.6 is 0 Å². The van der Waals surface area contributed by atoms with Crippen molar-refractivity contribution in [2.75, 3.05) is 6.54 Å². The van der Waals surface area contributed by atoms with Gasteiger partial charge in [-0.05, 0) is 63.6 Å². The lowest BCUT2D eigenvalue weighted by Gasteiger charge is -2.14. The van der Waals surface area contributed by atoms with Crippen molar-refractivity contribution in [3.8, 4) is 0 Å². The van der Waals surface area contributed by atoms with E-state index in [0.29, 0.717) is 12.1 Å². The molecular formula is C19H28N2O3S. The van der Waals surface area contributed by atoms with E-state index in [1.807, 2.05) is 13.8 Å². The van der Waals surface area contributed by atoms with Crippen molar-refractivity contribution in [3.63, 3.8) is 0 Å². The maximum absolute atomic E-state index is 12.5. The van der Waals surface area contributed by atoms with Crippen molar-refractivity contribution in [2.24, 2.45) is 0 Å². The highest BCUT2D eigenvalue weighted by molar-refractivity contribution is 7.89. The summed E-state index contributed by atoms with van der Waals surface area (Å²) in [5.74, 6) is -0.251. The smallest absolute Gasteiger partial charge is 0.251 e. The molecule has 25 heavy (non-hydrogen) atoms. The van der Waals surface area contributed by atoms with Crippen LogP contribution < -0.4 is 10.0 Å². The van der Waals surface area contributed by atoms with E-state index >= 15 is 0 Å². The number of carbonyl (C=O) groups is 1. The Labute approximate surface area is 151 Å². The van der Waals surface area contributed by atoms with Gasteiger partial charge in [0, 0.05) is 18.2 Å². The van der Waals surface area contributed by atoms with Crippen LogP contribution in [0.1, 0.15) is 62.7 Å². The average molecular weight is 365 g/mol. The van der Waals surface area contributed by atoms with Gasteiger partial charge in [0.15, 0.2) is 0 Å². The molecule has 2 N–H and O–H groups in total. The topological polar surface area (TPSA) is 75.3 Å². The maximum atomic E-state index is 12.5. The molecule has 0 aromatic heterocycles. The molecule has 1 unspecified atom stereocenters. The Balaban J connectivity index is 1.99. The summed E-state index contributed by atoms with van der Waals surface area (Å²) in [4.78, 5) is 12.3. The number of sulfonamides is 1. The van der Waals surface area contributed by atoms with Crippen molar-refractivity contribution in [3.05, 3.63) is 41.5 Å². The third-order valence-corrected chi connectivity index (χ3v) is 5.98. The van der Waals surface area contributed by atoms with Gasteiger partial charge in [0.05, 0.1) is 4.90 Å². The normalized spacial score (nSPS) is 16.2. The first-order valence-corrected chi connectivity index (χ1v) is 10.5. The first-order chi connectivity index (χ1) is 11.9. The van der Waals surface area contributed by atoms with Crippen LogP contribution in [-0.4, -0.2) is 26.9 Å². The summed E-state index contributed by atoms with van der Waals surface area (Å²) in [6.45, 7) is 4.29. The van der Waals surface area contributed by atoms with Crippen LogP contribution in [0, 0.1) is 0 Å². The predicted molar refractivity (Wildman–Crippen MR) is 100 cm³/mol. The van der Waals surface area contributed by atoms with Crippen molar-refractivity contribution in [1.29, 1.82) is 0 Å². The van der Waals surface area contributed by atoms with Gasteiger partial charge in [0.1, 0.15) is 0 Å². The Bertz CT molecular complexity index is 726. The Morgan fingerprint density at radius 3 is 2.76 bits per heavy atom. The van der Waals surface area contributed by atoms with E-state index in [4.69, 9.17) is 0 Å². The minimum Gasteiger partial charge on any atom is -0.350 e. The highest BCUT2D eigenvalue weighted by Gasteiger charge is 2.17. The molecule has 138 valence electrons. The zero-order valence-corrected chi connectivity index (χ0v) is 15.9. The van der Waals surface area contributed by atoms with E-state index in [1.165, 1.54) is 30.5 Å². The molecule has 0 spiro atoms. The van der Waals surface area contributed by atoms with E-state index in [-0.39, 0.29) is 16.8 Å². The van der Waals surface area contributed by atoms with E-state index in [2.05, 4.69) is 16.1 Å². The van der Waals surface area contributed by atoms with Crippen molar-refractivity contribution in [2.45, 2.75) is 63.3 Å². The molecule has 1 aromatic rings. The van der Waals surface area contributed by atoms with Crippen LogP contribution in [0.3, 0.4) is 0 Å². The molecule has 1 aliphatic carbocycles. The molecule has 0 saturated carbocycles. The number of nitrogens with one attached hydrogen (secondary N) is 2. The molecule has 0 saturated heterocycles. The molecule has 0 fully saturated rings. The highest BCUT2D eigenvalue weighted by Crippen LogP contribution is 2.20. The van der Waals surface area contributed by atoms with Crippen molar-refractivity contribution < 1.29 is 13.2 Å². The van der Waals surface area contributed by atoms with E-state index in [9.17, 15) is 13.2 Å². The fourth-order valence-corrected chi connectivity index (χ4v) is 3.85. The van der Waals surface area contributed by atoms with Gasteiger partial charge in [-0.15, -0.1) is 0 Å². The highest BCUT2D eigenvalue weighted by atomic mass is 32.2. The number of hydrogen-bond acceptors (Lipinski definition) is 3. The molecule has 1 amide bonds. The minimum atomic E-state index is -3.61. The van der Waals surface area contributed by atoms with Gasteiger partial charge in [0.2, 0.25) is 10.0 Å². The molecule has 1 aliphatic rings. The summed E-state index contributed by atoms with van der Waals surface area (Å²) in [6.07, 6.45) is 8.35. The van der Waals surface area contributed by atoms with Gasteiger partial charge < -0.3 is 5.32 Å². The number of benzene rings is 1. The van der Waals surface area contributed by atoms with Crippen LogP contribution in [0.5, 0.6) is 0 Å². The zero-order chi connectivity index (χ0) is 18.3. The zero-order valence-electron chi connectivity index (χ0n) is 15.0. The van der Waals surface area contributed by atoms with Gasteiger partial charge in [-0.1, -0.05) is 24.6 Å². The van der Waals surface area contributed by atoms with E-state index in [1.54, 1.807) is 12.1 Å². The number of carbonyl (C=O) groups excluding carboxylic acids is 1. The van der Waals surface area contributed by atoms with Gasteiger partial charge in [-0.3, -0.25) is 4.79 Å². The van der Waals surface area contributed by atoms with Crippen LogP contribution in [0.4, 0.5) is 0 Å². The third-order valence-electron chi connectivity index (χ3n) is 4.52. The van der Waals surface area contributed by atoms with Crippen LogP contribution in [0.15, 0.2) is 40.8 Å². The number of amides is 1. The lowest BCUT2D eigenvalue weighted by Crippen LogP contribution is -2.32. The SMILES string of the molecule is CCC(C)NC(=O)c1cccc(S(=O)(=O)NCCC2=CCCCC2)c1. The molecule has 1 atom stereocenters. The molecule has 0 aliphatic heterocycles. The molecule has 2 rings (SSSR count). The molecule has 0 radical (unpaired) electrons. The molecule has 5 nitrogen and oxygen atoms in total. The van der Waals surface area contributed by atoms with Gasteiger partial charge >= 0.3 is 0 Å². The molecule has 6 heteroatoms. The Kier molecular flexibility index (Phi) is 7.20. The fourth-order valence-electron chi connectivity index (χ4n) is 2.77. The van der Waals surface area contributed by atoms with Crippen LogP contribution in [-0.2, 0) is 10.0 Å². The molecular weight excluding hydrogens is 336 g/mol. The minimum absolute atomic E-state index is 0.0506. The standard InChI is InChI=1S/C19H28N2O3S/c1-3-15(2)21-19(22)17-10-7-11-18(14-17)25(23,24)20-13-12-16-8-5-4-6-9-16/h7-8,10-11,14-15,20H,3-6,9,12-13H2,1-2H3,(H,21,22). The Morgan fingerprint density at radius 2 is 2.08 bits per heavy atom. The summed E-state index contributed by atoms with van der Waals surface area (Å²) in [5, 5.41) is 2.85. The second-order valence-electron chi connectivity index (χ2n) is 6.57. The first-order valence-electron chi connectivity index (χ1n) is 9.01. The van der Waals surface area contributed by atoms with Gasteiger partial charge in [-0.2, -0.15) is 0 Å². The molecule has 1 aromatic carbocycles. The summed E-state index contributed by atoms with van der Waals surface area (Å²) in [5.41, 5.74) is 1.69. The number of rotatable bonds is 8. The monoisotopic (exact) mass is 364 g/mol. The van der Waals surface area contributed by atoms with Crippen molar-refractivity contribution in [1.82, 2.24) is 10.0 Å². The maximum Gasteiger partial charge on any atom is 0.251 e. The summed E-state index contributed by atoms with van der Waals surface area (Å²) in [7, 11) is -3.61. The summed E-state index contributed by atoms with van der Waals surface area (Å²) < 4.78 is 27.6. The quantitative estimate of drug-likeness (QED) is 0.694. The third kappa shape index (κ3) is 5.97. The largest absolute Gasteiger partial charge is 0.350 e. The van der Waals surface area contributed by atoms with Crippen molar-refractivity contribution >= 4 is 15.9 Å². The van der Waals surface area contributed by atoms with Gasteiger partial charge in [-0.25, -0.2) is 13.1 Å². The Hall–Kier alpha value is -1.66. The summed E-state index contributed by atoms with van der Waals surface area (Å²) >= 11 is 0. The predicted octanol–water partition coefficient (Wildman–Crippen LogP) is 3.38. The van der Waals surface area contributed by atoms with Crippen LogP contribution in [0.2, 0.25) is 0 Å². The second kappa shape index (κ2) is 9.15. The lowest BCUT2D eigenvalue weighted by atomic mass is 9.97. The van der Waals surface area contributed by atoms with Crippen LogP contribution in [0.25, 0.3) is 0 Å². The van der Waals surface area contributed by atoms with Gasteiger partial charge in [0.25, 0.3) is 5.91 Å². The average Bonchev–Trinajstić information content (AvgIpc) is 2.62. The first kappa shape index (κ1) is 19.7. The number of hydrogen-bond donors (Lipinski definition) is 2. The Morgan fingerprint density at radius 1 is 1.28 bits per heavy atom. The fraction of sp³-hybridized carbons (Fsp3) is 0.526. The molecule has 0 bridgehead atoms. The van der Waals surface area contributed by atoms with E-state index in [0.717, 1.165) is 25.7 Å². The summed E-state index contributed by atoms with van der Waals surface area (Å²) in [6, 6.07) is 6.23. The lowest BCUT2D eigenvalue weighted by molar-refractivity contribution is 0.0939.